The van der Waals surface area contributed by atoms with Crippen LogP contribution in [0.3, 0.4) is 0 Å². The highest BCUT2D eigenvalue weighted by molar-refractivity contribution is 14.0. The monoisotopic (exact) mass is 571 g/mol. The van der Waals surface area contributed by atoms with E-state index in [9.17, 15) is 8.42 Å². The summed E-state index contributed by atoms with van der Waals surface area (Å²) in [5, 5.41) is 7.49. The van der Waals surface area contributed by atoms with Gasteiger partial charge < -0.3 is 19.5 Å². The van der Waals surface area contributed by atoms with Crippen molar-refractivity contribution in [3.63, 3.8) is 0 Å². The first-order chi connectivity index (χ1) is 14.3. The van der Waals surface area contributed by atoms with Crippen molar-refractivity contribution in [3.05, 3.63) is 17.5 Å². The van der Waals surface area contributed by atoms with Gasteiger partial charge >= 0.3 is 0 Å². The van der Waals surface area contributed by atoms with E-state index in [1.165, 1.54) is 0 Å². The van der Waals surface area contributed by atoms with E-state index in [1.54, 1.807) is 11.4 Å². The molecule has 31 heavy (non-hydrogen) atoms. The number of aromatic nitrogens is 1. The Labute approximate surface area is 204 Å². The molecule has 1 aromatic rings. The summed E-state index contributed by atoms with van der Waals surface area (Å²) in [5.41, 5.74) is 0.993. The minimum atomic E-state index is -3.30. The van der Waals surface area contributed by atoms with Crippen LogP contribution in [-0.4, -0.2) is 80.4 Å². The van der Waals surface area contributed by atoms with Gasteiger partial charge in [0.05, 0.1) is 30.7 Å². The van der Waals surface area contributed by atoms with Gasteiger partial charge in [0.25, 0.3) is 0 Å². The maximum absolute atomic E-state index is 12.5. The quantitative estimate of drug-likeness (QED) is 0.262. The van der Waals surface area contributed by atoms with E-state index >= 15 is 0 Å². The van der Waals surface area contributed by atoms with Crippen LogP contribution in [-0.2, 0) is 21.3 Å². The third-order valence-corrected chi connectivity index (χ3v) is 7.17. The molecule has 0 atom stereocenters. The highest BCUT2D eigenvalue weighted by Crippen LogP contribution is 2.22. The zero-order valence-electron chi connectivity index (χ0n) is 19.3. The number of halogens is 1. The lowest BCUT2D eigenvalue weighted by molar-refractivity contribution is 0.0904. The van der Waals surface area contributed by atoms with Crippen molar-refractivity contribution < 1.29 is 17.7 Å². The fraction of sp³-hybridized carbons (Fsp3) is 0.800. The smallest absolute Gasteiger partial charge is 0.216 e. The van der Waals surface area contributed by atoms with E-state index in [2.05, 4.69) is 34.2 Å². The molecule has 0 radical (unpaired) electrons. The van der Waals surface area contributed by atoms with Crippen LogP contribution >= 0.6 is 24.0 Å². The lowest BCUT2D eigenvalue weighted by Crippen LogP contribution is -2.54. The molecule has 180 valence electrons. The normalized spacial score (nSPS) is 16.1. The molecule has 0 bridgehead atoms. The summed E-state index contributed by atoms with van der Waals surface area (Å²) in [6.45, 7) is 10.9. The Bertz CT molecular complexity index is 772. The number of ether oxygens (including phenoxy) is 1. The fourth-order valence-electron chi connectivity index (χ4n) is 3.51. The van der Waals surface area contributed by atoms with Crippen LogP contribution in [0.25, 0.3) is 0 Å². The minimum absolute atomic E-state index is 0. The second kappa shape index (κ2) is 13.6. The SMILES string of the molecule is CCC(CC)c1cc(CNC(=NC)N2CCN(S(=O)(=O)CCOC(C)C)CC2)on1.I. The Morgan fingerprint density at radius 2 is 1.90 bits per heavy atom. The van der Waals surface area contributed by atoms with E-state index < -0.39 is 10.0 Å². The molecular weight excluding hydrogens is 533 g/mol. The molecule has 1 N–H and O–H groups in total. The number of rotatable bonds is 10. The maximum Gasteiger partial charge on any atom is 0.216 e. The van der Waals surface area contributed by atoms with Gasteiger partial charge in [0, 0.05) is 45.2 Å². The first-order valence-corrected chi connectivity index (χ1v) is 12.4. The second-order valence-electron chi connectivity index (χ2n) is 7.75. The van der Waals surface area contributed by atoms with Gasteiger partial charge in [0.2, 0.25) is 10.0 Å². The van der Waals surface area contributed by atoms with Gasteiger partial charge in [0.1, 0.15) is 0 Å². The highest BCUT2D eigenvalue weighted by atomic mass is 127. The first-order valence-electron chi connectivity index (χ1n) is 10.8. The molecule has 0 saturated carbocycles. The lowest BCUT2D eigenvalue weighted by Gasteiger charge is -2.35. The molecule has 2 rings (SSSR count). The molecule has 1 aliphatic heterocycles. The van der Waals surface area contributed by atoms with Crippen LogP contribution < -0.4 is 5.32 Å². The minimum Gasteiger partial charge on any atom is -0.378 e. The second-order valence-corrected chi connectivity index (χ2v) is 9.84. The molecule has 0 amide bonds. The zero-order chi connectivity index (χ0) is 22.1. The van der Waals surface area contributed by atoms with E-state index in [0.717, 1.165) is 30.3 Å². The molecule has 1 fully saturated rings. The first kappa shape index (κ1) is 28.1. The molecule has 9 nitrogen and oxygen atoms in total. The fourth-order valence-corrected chi connectivity index (χ4v) is 4.79. The number of hydrogen-bond acceptors (Lipinski definition) is 6. The summed E-state index contributed by atoms with van der Waals surface area (Å²) in [7, 11) is -1.58. The topological polar surface area (TPSA) is 100 Å². The third kappa shape index (κ3) is 8.50. The highest BCUT2D eigenvalue weighted by Gasteiger charge is 2.28. The summed E-state index contributed by atoms with van der Waals surface area (Å²) < 4.78 is 37.4. The van der Waals surface area contributed by atoms with Crippen molar-refractivity contribution in [1.29, 1.82) is 0 Å². The maximum atomic E-state index is 12.5. The molecule has 2 heterocycles. The zero-order valence-corrected chi connectivity index (χ0v) is 22.5. The summed E-state index contributed by atoms with van der Waals surface area (Å²) >= 11 is 0. The Kier molecular flexibility index (Phi) is 12.3. The standard InChI is InChI=1S/C20H37N5O4S.HI/c1-6-17(7-2)19-14-18(29-23-19)15-22-20(21-5)24-8-10-25(11-9-24)30(26,27)13-12-28-16(3)4;/h14,16-17H,6-13,15H2,1-5H3,(H,21,22);1H. The Morgan fingerprint density at radius 3 is 2.45 bits per heavy atom. The van der Waals surface area contributed by atoms with Crippen molar-refractivity contribution in [2.24, 2.45) is 4.99 Å². The average molecular weight is 572 g/mol. The number of aliphatic imine (C=N–C) groups is 1. The van der Waals surface area contributed by atoms with Gasteiger partial charge in [-0.05, 0) is 26.7 Å². The average Bonchev–Trinajstić information content (AvgIpc) is 3.18. The number of nitrogens with zero attached hydrogens (tertiary/aromatic N) is 4. The molecular formula is C20H38IN5O4S. The van der Waals surface area contributed by atoms with Crippen LogP contribution in [0.2, 0.25) is 0 Å². The van der Waals surface area contributed by atoms with Crippen molar-refractivity contribution in [3.8, 4) is 0 Å². The number of nitrogens with one attached hydrogen (secondary N) is 1. The molecule has 0 spiro atoms. The van der Waals surface area contributed by atoms with Crippen LogP contribution in [0.15, 0.2) is 15.6 Å². The van der Waals surface area contributed by atoms with Crippen molar-refractivity contribution in [1.82, 2.24) is 19.7 Å². The molecule has 0 aliphatic carbocycles. The number of sulfonamides is 1. The molecule has 11 heteroatoms. The van der Waals surface area contributed by atoms with Crippen molar-refractivity contribution >= 4 is 40.0 Å². The Hall–Kier alpha value is -0.920. The van der Waals surface area contributed by atoms with Crippen LogP contribution in [0.1, 0.15) is 57.9 Å². The van der Waals surface area contributed by atoms with Gasteiger partial charge in [-0.1, -0.05) is 19.0 Å². The number of guanidine groups is 1. The van der Waals surface area contributed by atoms with E-state index in [1.807, 2.05) is 19.9 Å². The molecule has 0 unspecified atom stereocenters. The van der Waals surface area contributed by atoms with Gasteiger partial charge in [0.15, 0.2) is 11.7 Å². The van der Waals surface area contributed by atoms with E-state index in [-0.39, 0.29) is 42.4 Å². The van der Waals surface area contributed by atoms with E-state index in [4.69, 9.17) is 9.26 Å². The van der Waals surface area contributed by atoms with Gasteiger partial charge in [-0.3, -0.25) is 4.99 Å². The summed E-state index contributed by atoms with van der Waals surface area (Å²) in [6, 6.07) is 2.00. The Morgan fingerprint density at radius 1 is 1.26 bits per heavy atom. The largest absolute Gasteiger partial charge is 0.378 e. The molecule has 1 aliphatic rings. The summed E-state index contributed by atoms with van der Waals surface area (Å²) in [5.74, 6) is 1.94. The molecule has 1 saturated heterocycles. The van der Waals surface area contributed by atoms with Crippen molar-refractivity contribution in [2.45, 2.75) is 59.1 Å². The third-order valence-electron chi connectivity index (χ3n) is 5.34. The number of piperazine rings is 1. The predicted octanol–water partition coefficient (Wildman–Crippen LogP) is 2.64. The van der Waals surface area contributed by atoms with Crippen molar-refractivity contribution in [2.75, 3.05) is 45.6 Å². The van der Waals surface area contributed by atoms with Gasteiger partial charge in [-0.25, -0.2) is 8.42 Å². The van der Waals surface area contributed by atoms with Crippen LogP contribution in [0.4, 0.5) is 0 Å². The van der Waals surface area contributed by atoms with E-state index in [0.29, 0.717) is 38.6 Å². The number of hydrogen-bond donors (Lipinski definition) is 1. The summed E-state index contributed by atoms with van der Waals surface area (Å²) in [6.07, 6.45) is 2.10. The predicted molar refractivity (Wildman–Crippen MR) is 133 cm³/mol. The van der Waals surface area contributed by atoms with Crippen LogP contribution in [0, 0.1) is 0 Å². The van der Waals surface area contributed by atoms with Gasteiger partial charge in [-0.2, -0.15) is 4.31 Å². The van der Waals surface area contributed by atoms with Crippen LogP contribution in [0.5, 0.6) is 0 Å². The molecule has 0 aromatic carbocycles. The summed E-state index contributed by atoms with van der Waals surface area (Å²) in [4.78, 5) is 6.40. The van der Waals surface area contributed by atoms with Gasteiger partial charge in [-0.15, -0.1) is 24.0 Å². The molecule has 1 aromatic heterocycles. The lowest BCUT2D eigenvalue weighted by atomic mass is 9.99. The Balaban J connectivity index is 0.00000480.